The maximum Gasteiger partial charge on any atom is 0.334 e. The first kappa shape index (κ1) is 26.5. The fourth-order valence-corrected chi connectivity index (χ4v) is 9.86. The third-order valence-corrected chi connectivity index (χ3v) is 11.8. The number of hydrogen-bond acceptors (Lipinski definition) is 5. The molecule has 3 unspecified atom stereocenters. The Kier molecular flexibility index (Phi) is 8.11. The van der Waals surface area contributed by atoms with Gasteiger partial charge in [0, 0.05) is 5.92 Å². The van der Waals surface area contributed by atoms with Gasteiger partial charge in [-0.3, -0.25) is 4.79 Å². The van der Waals surface area contributed by atoms with E-state index < -0.39 is 6.10 Å². The summed E-state index contributed by atoms with van der Waals surface area (Å²) in [6, 6.07) is 0. The average molecular weight is 507 g/mol. The number of thioether (sulfide) groups is 1. The molecule has 0 aromatic heterocycles. The molecule has 4 saturated carbocycles. The maximum absolute atomic E-state index is 14.0. The average Bonchev–Trinajstić information content (AvgIpc) is 3.18. The second-order valence-corrected chi connectivity index (χ2v) is 13.5. The van der Waals surface area contributed by atoms with E-state index in [1.54, 1.807) is 0 Å². The van der Waals surface area contributed by atoms with E-state index in [0.717, 1.165) is 24.8 Å². The van der Waals surface area contributed by atoms with E-state index in [1.165, 1.54) is 50.3 Å². The monoisotopic (exact) mass is 506 g/mol. The van der Waals surface area contributed by atoms with Gasteiger partial charge in [-0.25, -0.2) is 4.79 Å². The van der Waals surface area contributed by atoms with E-state index in [9.17, 15) is 9.59 Å². The van der Waals surface area contributed by atoms with Gasteiger partial charge in [0.2, 0.25) is 0 Å². The molecule has 0 amide bonds. The largest absolute Gasteiger partial charge is 0.453 e. The lowest BCUT2D eigenvalue weighted by Gasteiger charge is -2.60. The van der Waals surface area contributed by atoms with Crippen LogP contribution in [0.1, 0.15) is 85.5 Å². The highest BCUT2D eigenvalue weighted by molar-refractivity contribution is 7.98. The Balaban J connectivity index is 1.55. The molecule has 4 rings (SSSR count). The van der Waals surface area contributed by atoms with Crippen molar-refractivity contribution < 1.29 is 18.8 Å². The SMILES string of the molecule is CC=C1C(=O)[C@H]2[C@@H]3CC[C@H](C(C)CC(O[SiH3])C(=O)OCSC)[C@@]3(C)CC[C@@H]2[C@@]2(C)CCCCC12. The van der Waals surface area contributed by atoms with Gasteiger partial charge in [0.15, 0.2) is 5.78 Å². The van der Waals surface area contributed by atoms with E-state index in [-0.39, 0.29) is 22.7 Å². The van der Waals surface area contributed by atoms with Crippen molar-refractivity contribution in [1.82, 2.24) is 0 Å². The highest BCUT2D eigenvalue weighted by Crippen LogP contribution is 2.68. The molecule has 0 N–H and O–H groups in total. The van der Waals surface area contributed by atoms with Crippen molar-refractivity contribution in [2.45, 2.75) is 91.6 Å². The predicted octanol–water partition coefficient (Wildman–Crippen LogP) is 5.33. The lowest BCUT2D eigenvalue weighted by Crippen LogP contribution is -2.57. The Bertz CT molecular complexity index is 814. The van der Waals surface area contributed by atoms with Gasteiger partial charge >= 0.3 is 5.97 Å². The lowest BCUT2D eigenvalue weighted by molar-refractivity contribution is -0.151. The molecule has 0 heterocycles. The number of ketones is 1. The number of carbonyl (C=O) groups is 2. The van der Waals surface area contributed by atoms with Gasteiger partial charge in [-0.05, 0) is 104 Å². The summed E-state index contributed by atoms with van der Waals surface area (Å²) in [5, 5.41) is 0. The first-order valence-electron chi connectivity index (χ1n) is 13.6. The van der Waals surface area contributed by atoms with Crippen LogP contribution in [-0.4, -0.2) is 40.5 Å². The number of esters is 1. The van der Waals surface area contributed by atoms with Crippen LogP contribution in [0.15, 0.2) is 11.6 Å². The molecule has 0 aromatic carbocycles. The summed E-state index contributed by atoms with van der Waals surface area (Å²) in [6.07, 6.45) is 14.2. The van der Waals surface area contributed by atoms with Gasteiger partial charge in [-0.2, -0.15) is 0 Å². The Morgan fingerprint density at radius 1 is 1.15 bits per heavy atom. The molecule has 4 aliphatic carbocycles. The van der Waals surface area contributed by atoms with Crippen molar-refractivity contribution in [3.63, 3.8) is 0 Å². The van der Waals surface area contributed by atoms with Crippen LogP contribution in [0.5, 0.6) is 0 Å². The smallest absolute Gasteiger partial charge is 0.334 e. The molecular formula is C28H46O4SSi. The minimum absolute atomic E-state index is 0.172. The van der Waals surface area contributed by atoms with Gasteiger partial charge in [-0.1, -0.05) is 39.7 Å². The van der Waals surface area contributed by atoms with E-state index in [4.69, 9.17) is 9.16 Å². The fraction of sp³-hybridized carbons (Fsp3) is 0.857. The Morgan fingerprint density at radius 2 is 1.88 bits per heavy atom. The van der Waals surface area contributed by atoms with Crippen molar-refractivity contribution in [2.24, 2.45) is 46.3 Å². The van der Waals surface area contributed by atoms with Crippen LogP contribution in [0.25, 0.3) is 0 Å². The van der Waals surface area contributed by atoms with Crippen molar-refractivity contribution in [2.75, 3.05) is 12.2 Å². The predicted molar refractivity (Wildman–Crippen MR) is 142 cm³/mol. The molecule has 4 fully saturated rings. The molecule has 192 valence electrons. The number of fused-ring (bicyclic) bond motifs is 5. The lowest BCUT2D eigenvalue weighted by atomic mass is 9.43. The first-order valence-corrected chi connectivity index (χ1v) is 15.8. The molecule has 4 aliphatic rings. The molecule has 0 aromatic rings. The zero-order chi connectivity index (χ0) is 24.7. The van der Waals surface area contributed by atoms with Crippen molar-refractivity contribution in [3.05, 3.63) is 11.6 Å². The van der Waals surface area contributed by atoms with Crippen molar-refractivity contribution in [3.8, 4) is 0 Å². The van der Waals surface area contributed by atoms with E-state index in [0.29, 0.717) is 51.8 Å². The van der Waals surface area contributed by atoms with E-state index >= 15 is 0 Å². The number of rotatable bonds is 7. The van der Waals surface area contributed by atoms with Crippen molar-refractivity contribution >= 4 is 34.0 Å². The topological polar surface area (TPSA) is 52.6 Å². The number of carbonyl (C=O) groups excluding carboxylic acids is 2. The molecule has 9 atom stereocenters. The van der Waals surface area contributed by atoms with Crippen LogP contribution in [0.2, 0.25) is 0 Å². The molecule has 0 spiro atoms. The van der Waals surface area contributed by atoms with Crippen LogP contribution in [-0.2, 0) is 18.8 Å². The first-order chi connectivity index (χ1) is 16.2. The van der Waals surface area contributed by atoms with E-state index in [2.05, 4.69) is 33.8 Å². The Hall–Kier alpha value is -0.593. The Labute approximate surface area is 214 Å². The molecule has 6 heteroatoms. The van der Waals surface area contributed by atoms with Crippen molar-refractivity contribution in [1.29, 1.82) is 0 Å². The molecule has 0 bridgehead atoms. The summed E-state index contributed by atoms with van der Waals surface area (Å²) in [4.78, 5) is 26.5. The minimum atomic E-state index is -0.444. The van der Waals surface area contributed by atoms with Crippen LogP contribution < -0.4 is 0 Å². The zero-order valence-corrected chi connectivity index (χ0v) is 25.0. The summed E-state index contributed by atoms with van der Waals surface area (Å²) in [5.41, 5.74) is 1.62. The van der Waals surface area contributed by atoms with Gasteiger partial charge in [0.05, 0.1) is 0 Å². The number of ether oxygens (including phenoxy) is 1. The fourth-order valence-electron chi connectivity index (χ4n) is 9.24. The zero-order valence-electron chi connectivity index (χ0n) is 22.2. The highest BCUT2D eigenvalue weighted by Gasteiger charge is 2.63. The number of hydrogen-bond donors (Lipinski definition) is 0. The summed E-state index contributed by atoms with van der Waals surface area (Å²) in [6.45, 7) is 9.39. The summed E-state index contributed by atoms with van der Waals surface area (Å²) in [5.74, 6) is 3.25. The van der Waals surface area contributed by atoms with Gasteiger partial charge in [-0.15, -0.1) is 11.8 Å². The van der Waals surface area contributed by atoms with Crippen LogP contribution in [0.4, 0.5) is 0 Å². The molecule has 0 saturated heterocycles. The number of allylic oxidation sites excluding steroid dienone is 2. The molecule has 4 nitrogen and oxygen atoms in total. The summed E-state index contributed by atoms with van der Waals surface area (Å²) in [7, 11) is 0.531. The third kappa shape index (κ3) is 4.28. The quantitative estimate of drug-likeness (QED) is 0.202. The standard InChI is InChI=1S/C28H46O4SSi/c1-6-18-20-9-7-8-13-27(20,3)22-12-14-28(4)19(10-11-21(28)24(22)25(18)29)17(2)15-23(32-34)26(30)31-16-33-5/h6,17,19-24H,7-16H2,1-5,34H3/t17?,19-,20?,21+,22+,23?,24+,27+,28-/m1/s1. The summed E-state index contributed by atoms with van der Waals surface area (Å²) < 4.78 is 11.1. The van der Waals surface area contributed by atoms with E-state index in [1.807, 2.05) is 6.26 Å². The van der Waals surface area contributed by atoms with Crippen LogP contribution in [0.3, 0.4) is 0 Å². The minimum Gasteiger partial charge on any atom is -0.453 e. The van der Waals surface area contributed by atoms with Gasteiger partial charge in [0.25, 0.3) is 0 Å². The molecular weight excluding hydrogens is 460 g/mol. The molecule has 0 radical (unpaired) electrons. The third-order valence-electron chi connectivity index (χ3n) is 10.9. The normalized spacial score (nSPS) is 42.6. The Morgan fingerprint density at radius 3 is 2.56 bits per heavy atom. The van der Waals surface area contributed by atoms with Crippen LogP contribution in [0, 0.1) is 46.3 Å². The highest BCUT2D eigenvalue weighted by atomic mass is 32.2. The van der Waals surface area contributed by atoms with Gasteiger partial charge in [0.1, 0.15) is 22.5 Å². The number of Topliss-reactive ketones (excluding diaryl/α,β-unsaturated/α-hetero) is 1. The molecule has 34 heavy (non-hydrogen) atoms. The summed E-state index contributed by atoms with van der Waals surface area (Å²) >= 11 is 1.51. The molecule has 0 aliphatic heterocycles. The van der Waals surface area contributed by atoms with Crippen LogP contribution >= 0.6 is 11.8 Å². The second-order valence-electron chi connectivity index (χ2n) is 12.2. The second kappa shape index (κ2) is 10.4. The van der Waals surface area contributed by atoms with Gasteiger partial charge < -0.3 is 9.16 Å². The maximum atomic E-state index is 14.0.